The second-order valence-corrected chi connectivity index (χ2v) is 6.03. The van der Waals surface area contributed by atoms with Crippen molar-refractivity contribution < 1.29 is 19.1 Å². The van der Waals surface area contributed by atoms with Gasteiger partial charge in [-0.2, -0.15) is 5.10 Å². The van der Waals surface area contributed by atoms with Crippen LogP contribution in [0.15, 0.2) is 29.4 Å². The van der Waals surface area contributed by atoms with E-state index in [1.807, 2.05) is 24.3 Å². The number of rotatable bonds is 6. The zero-order valence-corrected chi connectivity index (χ0v) is 14.7. The third kappa shape index (κ3) is 4.89. The van der Waals surface area contributed by atoms with Gasteiger partial charge in [-0.25, -0.2) is 10.2 Å². The van der Waals surface area contributed by atoms with E-state index in [0.29, 0.717) is 11.6 Å². The zero-order valence-electron chi connectivity index (χ0n) is 14.7. The van der Waals surface area contributed by atoms with Gasteiger partial charge in [0.05, 0.1) is 0 Å². The summed E-state index contributed by atoms with van der Waals surface area (Å²) < 4.78 is 5.15. The molecule has 1 heterocycles. The van der Waals surface area contributed by atoms with Crippen molar-refractivity contribution in [2.24, 2.45) is 5.10 Å². The molecule has 1 aromatic rings. The molecule has 0 saturated carbocycles. The van der Waals surface area contributed by atoms with E-state index >= 15 is 0 Å². The molecule has 0 unspecified atom stereocenters. The summed E-state index contributed by atoms with van der Waals surface area (Å²) in [6.07, 6.45) is 0.355. The predicted octanol–water partition coefficient (Wildman–Crippen LogP) is 2.34. The fourth-order valence-electron chi connectivity index (χ4n) is 2.40. The molecular formula is C18H23N3O4. The molecule has 0 aliphatic carbocycles. The number of carbonyl (C=O) groups excluding carboxylic acids is 3. The van der Waals surface area contributed by atoms with Crippen LogP contribution in [0.1, 0.15) is 51.5 Å². The summed E-state index contributed by atoms with van der Waals surface area (Å²) in [5, 5.41) is 6.48. The van der Waals surface area contributed by atoms with Crippen molar-refractivity contribution in [1.82, 2.24) is 5.43 Å². The zero-order chi connectivity index (χ0) is 18.4. The van der Waals surface area contributed by atoms with Crippen LogP contribution < -0.4 is 10.7 Å². The van der Waals surface area contributed by atoms with Crippen LogP contribution in [0.2, 0.25) is 0 Å². The van der Waals surface area contributed by atoms with Crippen LogP contribution in [-0.2, 0) is 19.1 Å². The van der Waals surface area contributed by atoms with Crippen molar-refractivity contribution in [3.63, 3.8) is 0 Å². The summed E-state index contributed by atoms with van der Waals surface area (Å²) >= 11 is 0. The van der Waals surface area contributed by atoms with Gasteiger partial charge in [0.15, 0.2) is 6.10 Å². The van der Waals surface area contributed by atoms with E-state index in [9.17, 15) is 14.4 Å². The monoisotopic (exact) mass is 345 g/mol. The lowest BCUT2D eigenvalue weighted by molar-refractivity contribution is -0.146. The fourth-order valence-corrected chi connectivity index (χ4v) is 2.40. The molecule has 1 aromatic carbocycles. The smallest absolute Gasteiger partial charge is 0.355 e. The van der Waals surface area contributed by atoms with E-state index in [4.69, 9.17) is 4.74 Å². The topological polar surface area (TPSA) is 96.9 Å². The molecule has 2 rings (SSSR count). The number of hydrazone groups is 1. The first-order valence-corrected chi connectivity index (χ1v) is 8.38. The quantitative estimate of drug-likeness (QED) is 0.773. The van der Waals surface area contributed by atoms with Crippen molar-refractivity contribution in [2.45, 2.75) is 52.1 Å². The molecule has 134 valence electrons. The van der Waals surface area contributed by atoms with Gasteiger partial charge in [0.2, 0.25) is 5.91 Å². The maximum atomic E-state index is 12.3. The third-order valence-corrected chi connectivity index (χ3v) is 4.16. The second-order valence-electron chi connectivity index (χ2n) is 6.03. The number of ether oxygens (including phenoxy) is 1. The van der Waals surface area contributed by atoms with Crippen molar-refractivity contribution >= 4 is 29.2 Å². The Balaban J connectivity index is 1.99. The first kappa shape index (κ1) is 18.6. The number of benzene rings is 1. The minimum absolute atomic E-state index is 0.110. The number of hydrogen-bond donors (Lipinski definition) is 2. The molecule has 0 radical (unpaired) electrons. The van der Waals surface area contributed by atoms with Gasteiger partial charge >= 0.3 is 5.97 Å². The highest BCUT2D eigenvalue weighted by atomic mass is 16.5. The van der Waals surface area contributed by atoms with Gasteiger partial charge in [0.1, 0.15) is 5.71 Å². The normalized spacial score (nSPS) is 16.3. The van der Waals surface area contributed by atoms with Crippen LogP contribution in [0.4, 0.5) is 5.69 Å². The van der Waals surface area contributed by atoms with E-state index in [0.717, 1.165) is 12.0 Å². The molecule has 25 heavy (non-hydrogen) atoms. The van der Waals surface area contributed by atoms with Crippen LogP contribution in [0, 0.1) is 0 Å². The molecule has 7 heteroatoms. The number of anilines is 1. The lowest BCUT2D eigenvalue weighted by atomic mass is 9.97. The predicted molar refractivity (Wildman–Crippen MR) is 94.1 cm³/mol. The molecule has 2 N–H and O–H groups in total. The van der Waals surface area contributed by atoms with Crippen LogP contribution in [-0.4, -0.2) is 29.6 Å². The lowest BCUT2D eigenvalue weighted by Crippen LogP contribution is -2.35. The molecule has 0 saturated heterocycles. The van der Waals surface area contributed by atoms with E-state index in [2.05, 4.69) is 29.7 Å². The van der Waals surface area contributed by atoms with Gasteiger partial charge in [0.25, 0.3) is 5.91 Å². The summed E-state index contributed by atoms with van der Waals surface area (Å²) in [5.74, 6) is -1.05. The lowest BCUT2D eigenvalue weighted by Gasteiger charge is -2.18. The SMILES string of the molecule is CC[C@@H](C)c1ccccc1NC(=O)[C@@H](C)OC(=O)C1=NNC(=O)CC1. The Morgan fingerprint density at radius 3 is 2.64 bits per heavy atom. The standard InChI is InChI=1S/C18H23N3O4/c1-4-11(2)13-7-5-6-8-14(13)19-17(23)12(3)25-18(24)15-9-10-16(22)21-20-15/h5-8,11-12H,4,9-10H2,1-3H3,(H,19,23)(H,21,22)/t11-,12-/m1/s1. The molecule has 0 aromatic heterocycles. The Morgan fingerprint density at radius 2 is 2.00 bits per heavy atom. The Labute approximate surface area is 146 Å². The number of para-hydroxylation sites is 1. The van der Waals surface area contributed by atoms with Gasteiger partial charge in [-0.3, -0.25) is 9.59 Å². The highest BCUT2D eigenvalue weighted by Gasteiger charge is 2.25. The number of carbonyl (C=O) groups is 3. The number of nitrogens with one attached hydrogen (secondary N) is 2. The highest BCUT2D eigenvalue weighted by Crippen LogP contribution is 2.26. The van der Waals surface area contributed by atoms with Gasteiger partial charge in [-0.15, -0.1) is 0 Å². The third-order valence-electron chi connectivity index (χ3n) is 4.16. The maximum absolute atomic E-state index is 12.3. The summed E-state index contributed by atoms with van der Waals surface area (Å²) in [5.41, 5.74) is 4.09. The molecule has 2 amide bonds. The Morgan fingerprint density at radius 1 is 1.28 bits per heavy atom. The fraction of sp³-hybridized carbons (Fsp3) is 0.444. The summed E-state index contributed by atoms with van der Waals surface area (Å²) in [7, 11) is 0. The molecule has 7 nitrogen and oxygen atoms in total. The molecule has 2 atom stereocenters. The number of amides is 2. The van der Waals surface area contributed by atoms with Crippen molar-refractivity contribution in [1.29, 1.82) is 0 Å². The van der Waals surface area contributed by atoms with Gasteiger partial charge in [0, 0.05) is 18.5 Å². The second kappa shape index (κ2) is 8.41. The largest absolute Gasteiger partial charge is 0.448 e. The van der Waals surface area contributed by atoms with Crippen LogP contribution in [0.25, 0.3) is 0 Å². The van der Waals surface area contributed by atoms with Crippen LogP contribution >= 0.6 is 0 Å². The Kier molecular flexibility index (Phi) is 6.27. The molecule has 0 spiro atoms. The summed E-state index contributed by atoms with van der Waals surface area (Å²) in [6, 6.07) is 7.57. The van der Waals surface area contributed by atoms with Crippen LogP contribution in [0.3, 0.4) is 0 Å². The minimum Gasteiger partial charge on any atom is -0.448 e. The van der Waals surface area contributed by atoms with Crippen molar-refractivity contribution in [2.75, 3.05) is 5.32 Å². The van der Waals surface area contributed by atoms with Gasteiger partial charge < -0.3 is 10.1 Å². The summed E-state index contributed by atoms with van der Waals surface area (Å²) in [4.78, 5) is 35.4. The van der Waals surface area contributed by atoms with E-state index in [1.54, 1.807) is 0 Å². The Bertz CT molecular complexity index is 699. The average molecular weight is 345 g/mol. The first-order valence-electron chi connectivity index (χ1n) is 8.38. The highest BCUT2D eigenvalue weighted by molar-refractivity contribution is 6.37. The Hall–Kier alpha value is -2.70. The number of esters is 1. The molecule has 0 bridgehead atoms. The van der Waals surface area contributed by atoms with E-state index < -0.39 is 18.0 Å². The van der Waals surface area contributed by atoms with Crippen molar-refractivity contribution in [3.05, 3.63) is 29.8 Å². The maximum Gasteiger partial charge on any atom is 0.355 e. The van der Waals surface area contributed by atoms with Gasteiger partial charge in [-0.05, 0) is 30.9 Å². The van der Waals surface area contributed by atoms with Crippen LogP contribution in [0.5, 0.6) is 0 Å². The molecule has 0 fully saturated rings. The molecule has 1 aliphatic heterocycles. The summed E-state index contributed by atoms with van der Waals surface area (Å²) in [6.45, 7) is 5.67. The van der Waals surface area contributed by atoms with E-state index in [1.165, 1.54) is 6.92 Å². The number of hydrogen-bond acceptors (Lipinski definition) is 5. The van der Waals surface area contributed by atoms with Gasteiger partial charge in [-0.1, -0.05) is 32.0 Å². The first-order chi connectivity index (χ1) is 11.9. The average Bonchev–Trinajstić information content (AvgIpc) is 2.61. The minimum atomic E-state index is -0.974. The molecule has 1 aliphatic rings. The van der Waals surface area contributed by atoms with E-state index in [-0.39, 0.29) is 24.5 Å². The van der Waals surface area contributed by atoms with Crippen molar-refractivity contribution in [3.8, 4) is 0 Å². The number of nitrogens with zero attached hydrogens (tertiary/aromatic N) is 1. The molecular weight excluding hydrogens is 322 g/mol.